The first-order valence-electron chi connectivity index (χ1n) is 5.39. The Labute approximate surface area is 99.8 Å². The van der Waals surface area contributed by atoms with E-state index < -0.39 is 5.97 Å². The average Bonchev–Trinajstić information content (AvgIpc) is 2.30. The molecule has 1 aromatic rings. The molecule has 1 rings (SSSR count). The molecule has 17 heavy (non-hydrogen) atoms. The molecule has 0 aliphatic carbocycles. The van der Waals surface area contributed by atoms with E-state index in [-0.39, 0.29) is 19.0 Å². The van der Waals surface area contributed by atoms with Crippen LogP contribution in [0.25, 0.3) is 0 Å². The standard InChI is InChI=1S/C12H16N2O3/c15-11(8-13-9-12(16)17)14-7-6-10-4-2-1-3-5-10/h1-5,13H,6-9H2,(H,14,15)(H,16,17)/p-1. The van der Waals surface area contributed by atoms with Crippen LogP contribution in [-0.4, -0.2) is 31.5 Å². The molecule has 2 N–H and O–H groups in total. The van der Waals surface area contributed by atoms with Crippen molar-refractivity contribution in [3.63, 3.8) is 0 Å². The van der Waals surface area contributed by atoms with Crippen LogP contribution in [0.4, 0.5) is 0 Å². The maximum atomic E-state index is 11.2. The topological polar surface area (TPSA) is 81.3 Å². The highest BCUT2D eigenvalue weighted by Crippen LogP contribution is 1.97. The Morgan fingerprint density at radius 3 is 2.47 bits per heavy atom. The van der Waals surface area contributed by atoms with E-state index in [1.165, 1.54) is 0 Å². The van der Waals surface area contributed by atoms with Gasteiger partial charge in [0.1, 0.15) is 0 Å². The van der Waals surface area contributed by atoms with Crippen molar-refractivity contribution in [2.24, 2.45) is 0 Å². The second-order valence-electron chi connectivity index (χ2n) is 3.56. The van der Waals surface area contributed by atoms with Gasteiger partial charge in [-0.05, 0) is 12.0 Å². The number of carbonyl (C=O) groups is 2. The summed E-state index contributed by atoms with van der Waals surface area (Å²) < 4.78 is 0. The third-order valence-corrected chi connectivity index (χ3v) is 2.13. The molecule has 0 spiro atoms. The zero-order valence-corrected chi connectivity index (χ0v) is 9.44. The Balaban J connectivity index is 2.10. The zero-order chi connectivity index (χ0) is 12.5. The van der Waals surface area contributed by atoms with Crippen LogP contribution in [-0.2, 0) is 16.0 Å². The van der Waals surface area contributed by atoms with Crippen LogP contribution in [0, 0.1) is 0 Å². The minimum absolute atomic E-state index is 0.0111. The molecular weight excluding hydrogens is 220 g/mol. The monoisotopic (exact) mass is 235 g/mol. The molecule has 0 radical (unpaired) electrons. The van der Waals surface area contributed by atoms with E-state index in [0.717, 1.165) is 12.0 Å². The van der Waals surface area contributed by atoms with Crippen LogP contribution in [0.5, 0.6) is 0 Å². The van der Waals surface area contributed by atoms with Crippen molar-refractivity contribution >= 4 is 11.9 Å². The Morgan fingerprint density at radius 2 is 1.82 bits per heavy atom. The van der Waals surface area contributed by atoms with Crippen molar-refractivity contribution in [1.29, 1.82) is 0 Å². The number of hydrogen-bond donors (Lipinski definition) is 2. The van der Waals surface area contributed by atoms with Gasteiger partial charge in [0.2, 0.25) is 5.91 Å². The van der Waals surface area contributed by atoms with E-state index >= 15 is 0 Å². The van der Waals surface area contributed by atoms with Crippen molar-refractivity contribution < 1.29 is 14.7 Å². The first-order chi connectivity index (χ1) is 8.18. The molecule has 1 aromatic carbocycles. The molecule has 92 valence electrons. The average molecular weight is 235 g/mol. The number of carbonyl (C=O) groups excluding carboxylic acids is 2. The minimum atomic E-state index is -1.22. The highest BCUT2D eigenvalue weighted by atomic mass is 16.4. The van der Waals surface area contributed by atoms with Gasteiger partial charge in [-0.3, -0.25) is 4.79 Å². The van der Waals surface area contributed by atoms with Crippen LogP contribution >= 0.6 is 0 Å². The van der Waals surface area contributed by atoms with Crippen molar-refractivity contribution in [3.05, 3.63) is 35.9 Å². The predicted octanol–water partition coefficient (Wildman–Crippen LogP) is -1.32. The maximum Gasteiger partial charge on any atom is 0.233 e. The smallest absolute Gasteiger partial charge is 0.233 e. The number of hydrogen-bond acceptors (Lipinski definition) is 4. The van der Waals surface area contributed by atoms with Gasteiger partial charge in [0.25, 0.3) is 0 Å². The molecule has 0 heterocycles. The Hall–Kier alpha value is -1.88. The van der Waals surface area contributed by atoms with E-state index in [1.807, 2.05) is 30.3 Å². The molecule has 0 aromatic heterocycles. The molecule has 0 fully saturated rings. The molecule has 0 aliphatic heterocycles. The van der Waals surface area contributed by atoms with Gasteiger partial charge < -0.3 is 20.5 Å². The van der Waals surface area contributed by atoms with Gasteiger partial charge in [-0.1, -0.05) is 30.3 Å². The molecule has 5 heteroatoms. The van der Waals surface area contributed by atoms with Crippen LogP contribution < -0.4 is 15.7 Å². The van der Waals surface area contributed by atoms with E-state index in [1.54, 1.807) is 0 Å². The van der Waals surface area contributed by atoms with Crippen molar-refractivity contribution in [1.82, 2.24) is 10.6 Å². The summed E-state index contributed by atoms with van der Waals surface area (Å²) >= 11 is 0. The maximum absolute atomic E-state index is 11.2. The van der Waals surface area contributed by atoms with Gasteiger partial charge >= 0.3 is 0 Å². The first kappa shape index (κ1) is 13.2. The Bertz CT molecular complexity index is 365. The molecule has 0 aliphatic rings. The van der Waals surface area contributed by atoms with Crippen molar-refractivity contribution in [2.45, 2.75) is 6.42 Å². The quantitative estimate of drug-likeness (QED) is 0.614. The van der Waals surface area contributed by atoms with E-state index in [4.69, 9.17) is 0 Å². The number of benzene rings is 1. The largest absolute Gasteiger partial charge is 0.549 e. The van der Waals surface area contributed by atoms with Gasteiger partial charge in [0, 0.05) is 13.1 Å². The Kier molecular flexibility index (Phi) is 5.74. The molecule has 0 unspecified atom stereocenters. The van der Waals surface area contributed by atoms with Crippen LogP contribution in [0.1, 0.15) is 5.56 Å². The summed E-state index contributed by atoms with van der Waals surface area (Å²) in [6.07, 6.45) is 0.757. The molecule has 5 nitrogen and oxygen atoms in total. The molecular formula is C12H15N2O3-. The summed E-state index contributed by atoms with van der Waals surface area (Å²) in [5.41, 5.74) is 1.15. The van der Waals surface area contributed by atoms with E-state index in [2.05, 4.69) is 10.6 Å². The fraction of sp³-hybridized carbons (Fsp3) is 0.333. The summed E-state index contributed by atoms with van der Waals surface area (Å²) in [5.74, 6) is -1.44. The molecule has 1 amide bonds. The predicted molar refractivity (Wildman–Crippen MR) is 61.0 cm³/mol. The number of carboxylic acids is 1. The minimum Gasteiger partial charge on any atom is -0.549 e. The SMILES string of the molecule is O=C([O-])CNCC(=O)NCCc1ccccc1. The Morgan fingerprint density at radius 1 is 1.12 bits per heavy atom. The highest BCUT2D eigenvalue weighted by Gasteiger charge is 1.99. The summed E-state index contributed by atoms with van der Waals surface area (Å²) in [5, 5.41) is 15.2. The molecule has 0 saturated heterocycles. The number of aliphatic carboxylic acids is 1. The van der Waals surface area contributed by atoms with Crippen LogP contribution in [0.3, 0.4) is 0 Å². The summed E-state index contributed by atoms with van der Waals surface area (Å²) in [6, 6.07) is 9.80. The lowest BCUT2D eigenvalue weighted by Crippen LogP contribution is -2.40. The van der Waals surface area contributed by atoms with Gasteiger partial charge in [-0.2, -0.15) is 0 Å². The summed E-state index contributed by atoms with van der Waals surface area (Å²) in [6.45, 7) is 0.213. The van der Waals surface area contributed by atoms with Gasteiger partial charge in [0.15, 0.2) is 0 Å². The second-order valence-corrected chi connectivity index (χ2v) is 3.56. The fourth-order valence-corrected chi connectivity index (χ4v) is 1.33. The molecule has 0 saturated carbocycles. The number of carboxylic acid groups (broad SMARTS) is 1. The lowest BCUT2D eigenvalue weighted by molar-refractivity contribution is -0.304. The third-order valence-electron chi connectivity index (χ3n) is 2.13. The zero-order valence-electron chi connectivity index (χ0n) is 9.44. The number of amides is 1. The summed E-state index contributed by atoms with van der Waals surface area (Å²) in [7, 11) is 0. The highest BCUT2D eigenvalue weighted by molar-refractivity contribution is 5.78. The molecule has 0 atom stereocenters. The number of rotatable bonds is 7. The lowest BCUT2D eigenvalue weighted by atomic mass is 10.1. The van der Waals surface area contributed by atoms with Gasteiger partial charge in [-0.15, -0.1) is 0 Å². The van der Waals surface area contributed by atoms with Crippen LogP contribution in [0.2, 0.25) is 0 Å². The van der Waals surface area contributed by atoms with Crippen molar-refractivity contribution in [3.8, 4) is 0 Å². The van der Waals surface area contributed by atoms with E-state index in [0.29, 0.717) is 6.54 Å². The summed E-state index contributed by atoms with van der Waals surface area (Å²) in [4.78, 5) is 21.3. The van der Waals surface area contributed by atoms with Gasteiger partial charge in [-0.25, -0.2) is 0 Å². The normalized spacial score (nSPS) is 9.88. The third kappa shape index (κ3) is 6.32. The van der Waals surface area contributed by atoms with Crippen molar-refractivity contribution in [2.75, 3.05) is 19.6 Å². The van der Waals surface area contributed by atoms with E-state index in [9.17, 15) is 14.7 Å². The fourth-order valence-electron chi connectivity index (χ4n) is 1.33. The van der Waals surface area contributed by atoms with Gasteiger partial charge in [0.05, 0.1) is 12.5 Å². The first-order valence-corrected chi connectivity index (χ1v) is 5.39. The lowest BCUT2D eigenvalue weighted by Gasteiger charge is -2.07. The van der Waals surface area contributed by atoms with Crippen LogP contribution in [0.15, 0.2) is 30.3 Å². The second kappa shape index (κ2) is 7.40. The molecule has 0 bridgehead atoms. The number of nitrogens with one attached hydrogen (secondary N) is 2.